The summed E-state index contributed by atoms with van der Waals surface area (Å²) in [7, 11) is 0. The van der Waals surface area contributed by atoms with E-state index in [1.807, 2.05) is 37.3 Å². The third-order valence-electron chi connectivity index (χ3n) is 2.69. The van der Waals surface area contributed by atoms with Crippen LogP contribution in [-0.4, -0.2) is 6.54 Å². The lowest BCUT2D eigenvalue weighted by atomic mass is 10.2. The lowest BCUT2D eigenvalue weighted by molar-refractivity contribution is 0.463. The van der Waals surface area contributed by atoms with Gasteiger partial charge >= 0.3 is 0 Å². The molecule has 18 heavy (non-hydrogen) atoms. The van der Waals surface area contributed by atoms with E-state index in [0.29, 0.717) is 11.2 Å². The molecule has 0 radical (unpaired) electrons. The zero-order chi connectivity index (χ0) is 13.1. The topological polar surface area (TPSA) is 51.2 Å². The molecule has 0 aliphatic rings. The molecule has 0 saturated carbocycles. The molecule has 3 nitrogen and oxygen atoms in total. The van der Waals surface area contributed by atoms with Crippen LogP contribution in [0.5, 0.6) is 0 Å². The van der Waals surface area contributed by atoms with E-state index in [2.05, 4.69) is 21.2 Å². The first-order valence-electron chi connectivity index (χ1n) is 5.58. The first-order chi connectivity index (χ1) is 8.60. The maximum Gasteiger partial charge on any atom is 0.169 e. The number of anilines is 1. The quantitative estimate of drug-likeness (QED) is 0.887. The molecule has 0 saturated heterocycles. The highest BCUT2D eigenvalue weighted by atomic mass is 79.9. The molecule has 0 aliphatic carbocycles. The van der Waals surface area contributed by atoms with Gasteiger partial charge in [-0.15, -0.1) is 0 Å². The van der Waals surface area contributed by atoms with Gasteiger partial charge in [0.2, 0.25) is 0 Å². The summed E-state index contributed by atoms with van der Waals surface area (Å²) in [5.74, 6) is 0.793. The standard InChI is InChI=1S/C13H14BrClN2O/c1-8-2-3-9(6-10(8)15)17-11(7-16)12-4-5-13(14)18-12/h2-6,11,17H,7,16H2,1H3. The van der Waals surface area contributed by atoms with Gasteiger partial charge in [-0.25, -0.2) is 0 Å². The molecule has 0 spiro atoms. The highest BCUT2D eigenvalue weighted by molar-refractivity contribution is 9.10. The summed E-state index contributed by atoms with van der Waals surface area (Å²) >= 11 is 9.37. The van der Waals surface area contributed by atoms with Crippen LogP contribution in [0.3, 0.4) is 0 Å². The van der Waals surface area contributed by atoms with E-state index >= 15 is 0 Å². The van der Waals surface area contributed by atoms with Crippen molar-refractivity contribution in [3.8, 4) is 0 Å². The Balaban J connectivity index is 2.17. The maximum atomic E-state index is 6.09. The molecule has 1 unspecified atom stereocenters. The Labute approximate surface area is 119 Å². The summed E-state index contributed by atoms with van der Waals surface area (Å²) in [5.41, 5.74) is 7.73. The molecule has 3 N–H and O–H groups in total. The second-order valence-electron chi connectivity index (χ2n) is 4.04. The van der Waals surface area contributed by atoms with Crippen molar-refractivity contribution in [1.29, 1.82) is 0 Å². The molecule has 1 aromatic heterocycles. The SMILES string of the molecule is Cc1ccc(NC(CN)c2ccc(Br)o2)cc1Cl. The molecule has 0 fully saturated rings. The van der Waals surface area contributed by atoms with Gasteiger partial charge in [0.15, 0.2) is 4.67 Å². The molecule has 2 rings (SSSR count). The fraction of sp³-hybridized carbons (Fsp3) is 0.231. The van der Waals surface area contributed by atoms with E-state index < -0.39 is 0 Å². The first kappa shape index (κ1) is 13.5. The van der Waals surface area contributed by atoms with Gasteiger partial charge in [-0.3, -0.25) is 0 Å². The zero-order valence-corrected chi connectivity index (χ0v) is 12.3. The number of furan rings is 1. The van der Waals surface area contributed by atoms with Crippen molar-refractivity contribution in [2.45, 2.75) is 13.0 Å². The van der Waals surface area contributed by atoms with Crippen LogP contribution in [0.1, 0.15) is 17.4 Å². The molecule has 0 bridgehead atoms. The molecular weight excluding hydrogens is 316 g/mol. The van der Waals surface area contributed by atoms with Gasteiger partial charge in [-0.2, -0.15) is 0 Å². The fourth-order valence-corrected chi connectivity index (χ4v) is 2.15. The highest BCUT2D eigenvalue weighted by Gasteiger charge is 2.13. The third kappa shape index (κ3) is 3.07. The van der Waals surface area contributed by atoms with Crippen molar-refractivity contribution in [2.75, 3.05) is 11.9 Å². The minimum absolute atomic E-state index is 0.0740. The predicted octanol–water partition coefficient (Wildman–Crippen LogP) is 4.12. The van der Waals surface area contributed by atoms with Crippen molar-refractivity contribution < 1.29 is 4.42 Å². The number of nitrogens with two attached hydrogens (primary N) is 1. The van der Waals surface area contributed by atoms with Crippen molar-refractivity contribution in [3.05, 3.63) is 51.3 Å². The number of rotatable bonds is 4. The van der Waals surface area contributed by atoms with Crippen LogP contribution in [-0.2, 0) is 0 Å². The minimum atomic E-state index is -0.0740. The molecule has 5 heteroatoms. The van der Waals surface area contributed by atoms with Crippen molar-refractivity contribution >= 4 is 33.2 Å². The minimum Gasteiger partial charge on any atom is -0.452 e. The van der Waals surface area contributed by atoms with E-state index in [-0.39, 0.29) is 6.04 Å². The van der Waals surface area contributed by atoms with E-state index in [1.165, 1.54) is 0 Å². The van der Waals surface area contributed by atoms with Gasteiger partial charge < -0.3 is 15.5 Å². The average Bonchev–Trinajstić information content (AvgIpc) is 2.77. The van der Waals surface area contributed by atoms with Crippen LogP contribution >= 0.6 is 27.5 Å². The van der Waals surface area contributed by atoms with Gasteiger partial charge in [0.1, 0.15) is 5.76 Å². The Morgan fingerprint density at radius 2 is 2.17 bits per heavy atom. The number of halogens is 2. The lowest BCUT2D eigenvalue weighted by Gasteiger charge is -2.16. The summed E-state index contributed by atoms with van der Waals surface area (Å²) in [5, 5.41) is 4.04. The van der Waals surface area contributed by atoms with Crippen LogP contribution in [0.25, 0.3) is 0 Å². The lowest BCUT2D eigenvalue weighted by Crippen LogP contribution is -2.20. The van der Waals surface area contributed by atoms with E-state index in [9.17, 15) is 0 Å². The smallest absolute Gasteiger partial charge is 0.169 e. The van der Waals surface area contributed by atoms with Gasteiger partial charge in [0, 0.05) is 17.3 Å². The van der Waals surface area contributed by atoms with Crippen LogP contribution in [0.4, 0.5) is 5.69 Å². The Kier molecular flexibility index (Phi) is 4.32. The molecule has 96 valence electrons. The van der Waals surface area contributed by atoms with E-state index in [0.717, 1.165) is 22.0 Å². The molecular formula is C13H14BrClN2O. The third-order valence-corrected chi connectivity index (χ3v) is 3.52. The van der Waals surface area contributed by atoms with Crippen molar-refractivity contribution in [1.82, 2.24) is 0 Å². The summed E-state index contributed by atoms with van der Waals surface area (Å²) in [6.07, 6.45) is 0. The summed E-state index contributed by atoms with van der Waals surface area (Å²) in [4.78, 5) is 0. The fourth-order valence-electron chi connectivity index (χ4n) is 1.65. The second-order valence-corrected chi connectivity index (χ2v) is 5.23. The molecule has 2 aromatic rings. The Bertz CT molecular complexity index is 542. The number of hydrogen-bond donors (Lipinski definition) is 2. The summed E-state index contributed by atoms with van der Waals surface area (Å²) < 4.78 is 6.20. The average molecular weight is 330 g/mol. The van der Waals surface area contributed by atoms with E-state index in [1.54, 1.807) is 0 Å². The Hall–Kier alpha value is -0.970. The molecule has 1 atom stereocenters. The highest BCUT2D eigenvalue weighted by Crippen LogP contribution is 2.26. The van der Waals surface area contributed by atoms with Gasteiger partial charge in [0.25, 0.3) is 0 Å². The van der Waals surface area contributed by atoms with E-state index in [4.69, 9.17) is 21.8 Å². The summed E-state index contributed by atoms with van der Waals surface area (Å²) in [6.45, 7) is 2.40. The first-order valence-corrected chi connectivity index (χ1v) is 6.75. The summed E-state index contributed by atoms with van der Waals surface area (Å²) in [6, 6.07) is 9.50. The van der Waals surface area contributed by atoms with Crippen LogP contribution in [0.15, 0.2) is 39.4 Å². The zero-order valence-electron chi connectivity index (χ0n) is 9.91. The Morgan fingerprint density at radius 1 is 1.39 bits per heavy atom. The van der Waals surface area contributed by atoms with Gasteiger partial charge in [0.05, 0.1) is 6.04 Å². The second kappa shape index (κ2) is 5.78. The maximum absolute atomic E-state index is 6.09. The van der Waals surface area contributed by atoms with Crippen molar-refractivity contribution in [3.63, 3.8) is 0 Å². The molecule has 0 amide bonds. The monoisotopic (exact) mass is 328 g/mol. The number of aryl methyl sites for hydroxylation is 1. The number of nitrogens with one attached hydrogen (secondary N) is 1. The van der Waals surface area contributed by atoms with Crippen LogP contribution in [0.2, 0.25) is 5.02 Å². The van der Waals surface area contributed by atoms with Crippen LogP contribution < -0.4 is 11.1 Å². The Morgan fingerprint density at radius 3 is 2.72 bits per heavy atom. The van der Waals surface area contributed by atoms with Gasteiger partial charge in [-0.05, 0) is 52.7 Å². The molecule has 0 aliphatic heterocycles. The normalized spacial score (nSPS) is 12.4. The van der Waals surface area contributed by atoms with Crippen LogP contribution in [0, 0.1) is 6.92 Å². The molecule has 1 aromatic carbocycles. The van der Waals surface area contributed by atoms with Gasteiger partial charge in [-0.1, -0.05) is 17.7 Å². The molecule has 1 heterocycles. The predicted molar refractivity (Wildman–Crippen MR) is 78.0 cm³/mol. The van der Waals surface area contributed by atoms with Crippen molar-refractivity contribution in [2.24, 2.45) is 5.73 Å². The largest absolute Gasteiger partial charge is 0.452 e. The number of benzene rings is 1. The number of hydrogen-bond acceptors (Lipinski definition) is 3.